The minimum absolute atomic E-state index is 0.0439. The average molecular weight is 405 g/mol. The van der Waals surface area contributed by atoms with Crippen molar-refractivity contribution >= 4 is 40.9 Å². The number of hydrogen-bond donors (Lipinski definition) is 2. The summed E-state index contributed by atoms with van der Waals surface area (Å²) >= 11 is 6.22. The van der Waals surface area contributed by atoms with Gasteiger partial charge in [0.05, 0.1) is 23.9 Å². The van der Waals surface area contributed by atoms with Crippen molar-refractivity contribution in [2.45, 2.75) is 13.3 Å². The smallest absolute Gasteiger partial charge is 0.248 e. The van der Waals surface area contributed by atoms with Crippen molar-refractivity contribution in [3.05, 3.63) is 52.8 Å². The van der Waals surface area contributed by atoms with Crippen LogP contribution in [0.25, 0.3) is 6.08 Å². The lowest BCUT2D eigenvalue weighted by atomic mass is 10.2. The zero-order chi connectivity index (χ0) is 20.1. The first-order valence-electron chi connectivity index (χ1n) is 8.58. The largest absolute Gasteiger partial charge is 0.489 e. The Bertz CT molecular complexity index is 946. The van der Waals surface area contributed by atoms with Crippen molar-refractivity contribution in [3.8, 4) is 11.5 Å². The van der Waals surface area contributed by atoms with Crippen LogP contribution in [0.1, 0.15) is 18.9 Å². The van der Waals surface area contributed by atoms with E-state index in [9.17, 15) is 14.0 Å². The highest BCUT2D eigenvalue weighted by Gasteiger charge is 2.15. The van der Waals surface area contributed by atoms with Gasteiger partial charge in [0.25, 0.3) is 0 Å². The van der Waals surface area contributed by atoms with Crippen LogP contribution >= 0.6 is 11.6 Å². The minimum atomic E-state index is -0.616. The van der Waals surface area contributed by atoms with Crippen molar-refractivity contribution in [1.29, 1.82) is 0 Å². The predicted molar refractivity (Wildman–Crippen MR) is 105 cm³/mol. The lowest BCUT2D eigenvalue weighted by Crippen LogP contribution is -2.11. The summed E-state index contributed by atoms with van der Waals surface area (Å²) in [5.41, 5.74) is 0.970. The summed E-state index contributed by atoms with van der Waals surface area (Å²) in [5.74, 6) is -0.455. The van der Waals surface area contributed by atoms with Crippen LogP contribution in [0.3, 0.4) is 0 Å². The predicted octanol–water partition coefficient (Wildman–Crippen LogP) is 4.25. The zero-order valence-electron chi connectivity index (χ0n) is 15.1. The van der Waals surface area contributed by atoms with Gasteiger partial charge in [0.15, 0.2) is 11.5 Å². The Morgan fingerprint density at radius 2 is 1.93 bits per heavy atom. The number of amides is 2. The quantitative estimate of drug-likeness (QED) is 0.747. The van der Waals surface area contributed by atoms with Crippen molar-refractivity contribution in [2.24, 2.45) is 0 Å². The highest BCUT2D eigenvalue weighted by molar-refractivity contribution is 6.32. The molecule has 6 nitrogen and oxygen atoms in total. The number of fused-ring (bicyclic) bond motifs is 1. The third-order valence-electron chi connectivity index (χ3n) is 3.80. The van der Waals surface area contributed by atoms with E-state index in [1.165, 1.54) is 31.2 Å². The number of anilines is 2. The molecule has 0 spiro atoms. The molecule has 0 atom stereocenters. The summed E-state index contributed by atoms with van der Waals surface area (Å²) in [4.78, 5) is 23.3. The van der Waals surface area contributed by atoms with E-state index in [-0.39, 0.29) is 11.6 Å². The zero-order valence-corrected chi connectivity index (χ0v) is 15.8. The van der Waals surface area contributed by atoms with Gasteiger partial charge in [-0.15, -0.1) is 0 Å². The number of nitrogens with one attached hydrogen (secondary N) is 2. The molecule has 2 aromatic rings. The van der Waals surface area contributed by atoms with Crippen LogP contribution in [0.4, 0.5) is 15.8 Å². The average Bonchev–Trinajstić information content (AvgIpc) is 2.88. The molecular weight excluding hydrogens is 387 g/mol. The lowest BCUT2D eigenvalue weighted by molar-refractivity contribution is -0.114. The maximum atomic E-state index is 13.9. The van der Waals surface area contributed by atoms with Crippen molar-refractivity contribution in [2.75, 3.05) is 23.8 Å². The van der Waals surface area contributed by atoms with E-state index in [0.717, 1.165) is 12.5 Å². The lowest BCUT2D eigenvalue weighted by Gasteiger charge is -2.10. The van der Waals surface area contributed by atoms with Crippen LogP contribution < -0.4 is 20.1 Å². The molecule has 3 rings (SSSR count). The number of ether oxygens (including phenoxy) is 2. The molecule has 8 heteroatoms. The van der Waals surface area contributed by atoms with Gasteiger partial charge >= 0.3 is 0 Å². The summed E-state index contributed by atoms with van der Waals surface area (Å²) in [6.07, 6.45) is 3.53. The highest BCUT2D eigenvalue weighted by atomic mass is 35.5. The van der Waals surface area contributed by atoms with Crippen LogP contribution in [0.5, 0.6) is 11.5 Å². The van der Waals surface area contributed by atoms with E-state index in [0.29, 0.717) is 41.0 Å². The summed E-state index contributed by atoms with van der Waals surface area (Å²) in [5, 5.41) is 5.35. The maximum absolute atomic E-state index is 13.9. The van der Waals surface area contributed by atoms with Gasteiger partial charge in [0, 0.05) is 25.1 Å². The molecule has 1 heterocycles. The van der Waals surface area contributed by atoms with E-state index in [1.54, 1.807) is 12.1 Å². The topological polar surface area (TPSA) is 76.7 Å². The Kier molecular flexibility index (Phi) is 6.16. The Morgan fingerprint density at radius 1 is 1.14 bits per heavy atom. The Labute approximate surface area is 166 Å². The molecule has 0 fully saturated rings. The van der Waals surface area contributed by atoms with Gasteiger partial charge in [-0.1, -0.05) is 11.6 Å². The van der Waals surface area contributed by atoms with E-state index in [4.69, 9.17) is 21.1 Å². The van der Waals surface area contributed by atoms with Gasteiger partial charge in [-0.2, -0.15) is 0 Å². The third kappa shape index (κ3) is 5.01. The molecule has 146 valence electrons. The van der Waals surface area contributed by atoms with E-state index in [2.05, 4.69) is 10.6 Å². The summed E-state index contributed by atoms with van der Waals surface area (Å²) in [7, 11) is 0. The van der Waals surface area contributed by atoms with Crippen LogP contribution in [0.2, 0.25) is 5.02 Å². The fraction of sp³-hybridized carbons (Fsp3) is 0.200. The monoisotopic (exact) mass is 404 g/mol. The Balaban J connectivity index is 1.73. The molecule has 0 saturated heterocycles. The van der Waals surface area contributed by atoms with E-state index in [1.807, 2.05) is 0 Å². The summed E-state index contributed by atoms with van der Waals surface area (Å²) < 4.78 is 25.1. The molecule has 2 aromatic carbocycles. The molecule has 0 aromatic heterocycles. The molecule has 0 aliphatic carbocycles. The molecule has 1 aliphatic heterocycles. The van der Waals surface area contributed by atoms with Gasteiger partial charge < -0.3 is 20.1 Å². The molecule has 2 amide bonds. The van der Waals surface area contributed by atoms with Gasteiger partial charge in [0.2, 0.25) is 11.8 Å². The van der Waals surface area contributed by atoms with E-state index >= 15 is 0 Å². The van der Waals surface area contributed by atoms with Crippen molar-refractivity contribution < 1.29 is 23.5 Å². The Morgan fingerprint density at radius 3 is 2.71 bits per heavy atom. The van der Waals surface area contributed by atoms with Crippen molar-refractivity contribution in [3.63, 3.8) is 0 Å². The Hall–Kier alpha value is -3.06. The molecule has 0 saturated carbocycles. The fourth-order valence-electron chi connectivity index (χ4n) is 2.60. The third-order valence-corrected chi connectivity index (χ3v) is 4.08. The molecular formula is C20H18ClFN2O4. The van der Waals surface area contributed by atoms with Gasteiger partial charge in [0.1, 0.15) is 5.82 Å². The number of halogens is 2. The molecule has 0 unspecified atom stereocenters. The van der Waals surface area contributed by atoms with Crippen LogP contribution in [-0.4, -0.2) is 25.0 Å². The number of rotatable bonds is 4. The molecule has 28 heavy (non-hydrogen) atoms. The van der Waals surface area contributed by atoms with Crippen molar-refractivity contribution in [1.82, 2.24) is 0 Å². The van der Waals surface area contributed by atoms with Crippen LogP contribution in [0.15, 0.2) is 36.4 Å². The van der Waals surface area contributed by atoms with Crippen LogP contribution in [0, 0.1) is 5.82 Å². The number of benzene rings is 2. The highest BCUT2D eigenvalue weighted by Crippen LogP contribution is 2.38. The van der Waals surface area contributed by atoms with E-state index < -0.39 is 11.7 Å². The number of carbonyl (C=O) groups excluding carboxylic acids is 2. The second kappa shape index (κ2) is 8.75. The second-order valence-corrected chi connectivity index (χ2v) is 6.49. The summed E-state index contributed by atoms with van der Waals surface area (Å²) in [6, 6.07) is 7.27. The molecule has 1 aliphatic rings. The first-order valence-corrected chi connectivity index (χ1v) is 8.95. The number of carbonyl (C=O) groups is 2. The molecule has 2 N–H and O–H groups in total. The second-order valence-electron chi connectivity index (χ2n) is 6.08. The van der Waals surface area contributed by atoms with Crippen LogP contribution in [-0.2, 0) is 9.59 Å². The SMILES string of the molecule is CC(=O)Nc1ccc(F)c(NC(=O)/C=C/c2cc(Cl)c3c(c2)OCCCO3)c1. The standard InChI is InChI=1S/C20H18ClFN2O4/c1-12(25)23-14-4-5-16(22)17(11-14)24-19(26)6-3-13-9-15(21)20-18(10-13)27-7-2-8-28-20/h3-6,9-11H,2,7-8H2,1H3,(H,23,25)(H,24,26)/b6-3+. The van der Waals surface area contributed by atoms with Gasteiger partial charge in [-0.05, 0) is 42.0 Å². The first kappa shape index (κ1) is 19.7. The van der Waals surface area contributed by atoms with Gasteiger partial charge in [-0.3, -0.25) is 9.59 Å². The molecule has 0 radical (unpaired) electrons. The minimum Gasteiger partial charge on any atom is -0.489 e. The molecule has 0 bridgehead atoms. The number of hydrogen-bond acceptors (Lipinski definition) is 4. The first-order chi connectivity index (χ1) is 13.4. The maximum Gasteiger partial charge on any atom is 0.248 e. The fourth-order valence-corrected chi connectivity index (χ4v) is 2.87. The summed E-state index contributed by atoms with van der Waals surface area (Å²) in [6.45, 7) is 2.37. The normalized spacial score (nSPS) is 13.1. The van der Waals surface area contributed by atoms with Gasteiger partial charge in [-0.25, -0.2) is 4.39 Å².